The number of halogens is 1. The first-order valence-electron chi connectivity index (χ1n) is 10.5. The number of anilines is 2. The Morgan fingerprint density at radius 1 is 1.11 bits per heavy atom. The Hall–Kier alpha value is -4.18. The molecule has 11 heteroatoms. The van der Waals surface area contributed by atoms with E-state index in [9.17, 15) is 4.79 Å². The standard InChI is InChI=1S/C24H24ClN5O5/c1-28-23(31)16-5-4-14(25)8-18(16)34-11-15-9-17-12(6-13-10-29-24(27)30-22(13)26)7-19(32-2)21(33-3)20(17)35-15/h4-5,7-10H,6,11H2,1-3H3,(H,28,31)(H4,26,27,29,30). The molecule has 0 bridgehead atoms. The predicted octanol–water partition coefficient (Wildman–Crippen LogP) is 3.59. The van der Waals surface area contributed by atoms with E-state index in [4.69, 9.17) is 41.7 Å². The molecule has 0 unspecified atom stereocenters. The molecular weight excluding hydrogens is 474 g/mol. The number of ether oxygens (including phenoxy) is 3. The molecule has 182 valence electrons. The van der Waals surface area contributed by atoms with Gasteiger partial charge >= 0.3 is 0 Å². The van der Waals surface area contributed by atoms with Crippen molar-refractivity contribution in [3.8, 4) is 17.2 Å². The van der Waals surface area contributed by atoms with Crippen molar-refractivity contribution in [2.75, 3.05) is 32.7 Å². The summed E-state index contributed by atoms with van der Waals surface area (Å²) < 4.78 is 23.1. The van der Waals surface area contributed by atoms with Crippen LogP contribution in [0.15, 0.2) is 40.9 Å². The zero-order chi connectivity index (χ0) is 25.1. The molecule has 0 fully saturated rings. The molecule has 1 amide bonds. The van der Waals surface area contributed by atoms with E-state index in [1.165, 1.54) is 7.11 Å². The number of nitrogens with one attached hydrogen (secondary N) is 1. The zero-order valence-electron chi connectivity index (χ0n) is 19.3. The van der Waals surface area contributed by atoms with Gasteiger partial charge < -0.3 is 35.4 Å². The second kappa shape index (κ2) is 9.98. The minimum absolute atomic E-state index is 0.0387. The first kappa shape index (κ1) is 24.0. The zero-order valence-corrected chi connectivity index (χ0v) is 20.1. The lowest BCUT2D eigenvalue weighted by Crippen LogP contribution is -2.18. The lowest BCUT2D eigenvalue weighted by molar-refractivity contribution is 0.0958. The highest BCUT2D eigenvalue weighted by atomic mass is 35.5. The molecule has 4 aromatic rings. The monoisotopic (exact) mass is 497 g/mol. The van der Waals surface area contributed by atoms with E-state index in [2.05, 4.69) is 15.3 Å². The smallest absolute Gasteiger partial charge is 0.254 e. The van der Waals surface area contributed by atoms with Crippen LogP contribution in [0.3, 0.4) is 0 Å². The lowest BCUT2D eigenvalue weighted by Gasteiger charge is -2.12. The van der Waals surface area contributed by atoms with Gasteiger partial charge in [-0.2, -0.15) is 4.98 Å². The third-order valence-electron chi connectivity index (χ3n) is 5.37. The van der Waals surface area contributed by atoms with Crippen LogP contribution < -0.4 is 31.0 Å². The third-order valence-corrected chi connectivity index (χ3v) is 5.61. The number of nitrogens with zero attached hydrogens (tertiary/aromatic N) is 2. The van der Waals surface area contributed by atoms with Crippen molar-refractivity contribution in [2.45, 2.75) is 13.0 Å². The maximum atomic E-state index is 12.2. The number of benzene rings is 2. The normalized spacial score (nSPS) is 10.9. The van der Waals surface area contributed by atoms with Gasteiger partial charge in [0.1, 0.15) is 23.9 Å². The average Bonchev–Trinajstić information content (AvgIpc) is 3.28. The lowest BCUT2D eigenvalue weighted by atomic mass is 10.0. The average molecular weight is 498 g/mol. The Bertz CT molecular complexity index is 1410. The molecular formula is C24H24ClN5O5. The number of carbonyl (C=O) groups is 1. The van der Waals surface area contributed by atoms with Crippen LogP contribution in [-0.2, 0) is 13.0 Å². The van der Waals surface area contributed by atoms with Gasteiger partial charge in [-0.25, -0.2) is 4.98 Å². The number of nitrogen functional groups attached to an aromatic ring is 2. The van der Waals surface area contributed by atoms with E-state index in [-0.39, 0.29) is 24.3 Å². The van der Waals surface area contributed by atoms with Crippen LogP contribution in [0.4, 0.5) is 11.8 Å². The van der Waals surface area contributed by atoms with E-state index in [0.29, 0.717) is 51.2 Å². The summed E-state index contributed by atoms with van der Waals surface area (Å²) in [7, 11) is 4.61. The summed E-state index contributed by atoms with van der Waals surface area (Å²) in [6.45, 7) is 0.0387. The molecule has 35 heavy (non-hydrogen) atoms. The van der Waals surface area contributed by atoms with Crippen molar-refractivity contribution in [1.82, 2.24) is 15.3 Å². The number of aromatic nitrogens is 2. The van der Waals surface area contributed by atoms with Crippen molar-refractivity contribution in [1.29, 1.82) is 0 Å². The second-order valence-electron chi connectivity index (χ2n) is 7.55. The summed E-state index contributed by atoms with van der Waals surface area (Å²) in [5.74, 6) is 1.85. The highest BCUT2D eigenvalue weighted by molar-refractivity contribution is 6.30. The van der Waals surface area contributed by atoms with Crippen LogP contribution in [0, 0.1) is 0 Å². The molecule has 0 aliphatic carbocycles. The molecule has 0 saturated carbocycles. The van der Waals surface area contributed by atoms with E-state index in [0.717, 1.165) is 10.9 Å². The van der Waals surface area contributed by atoms with Crippen molar-refractivity contribution < 1.29 is 23.4 Å². The Morgan fingerprint density at radius 3 is 2.60 bits per heavy atom. The summed E-state index contributed by atoms with van der Waals surface area (Å²) in [6, 6.07) is 8.48. The second-order valence-corrected chi connectivity index (χ2v) is 7.99. The fourth-order valence-electron chi connectivity index (χ4n) is 3.69. The molecule has 0 radical (unpaired) electrons. The number of hydrogen-bond donors (Lipinski definition) is 3. The van der Waals surface area contributed by atoms with Gasteiger partial charge in [-0.1, -0.05) is 11.6 Å². The molecule has 2 aromatic heterocycles. The van der Waals surface area contributed by atoms with Crippen LogP contribution in [-0.4, -0.2) is 37.1 Å². The summed E-state index contributed by atoms with van der Waals surface area (Å²) >= 11 is 6.11. The molecule has 0 aliphatic heterocycles. The third kappa shape index (κ3) is 4.87. The van der Waals surface area contributed by atoms with Crippen molar-refractivity contribution in [2.24, 2.45) is 0 Å². The Balaban J connectivity index is 1.73. The molecule has 0 atom stereocenters. The number of methoxy groups -OCH3 is 2. The number of hydrogen-bond acceptors (Lipinski definition) is 9. The van der Waals surface area contributed by atoms with Crippen LogP contribution in [0.1, 0.15) is 27.2 Å². The van der Waals surface area contributed by atoms with E-state index in [1.807, 2.05) is 12.1 Å². The quantitative estimate of drug-likeness (QED) is 0.332. The van der Waals surface area contributed by atoms with E-state index < -0.39 is 0 Å². The molecule has 0 saturated heterocycles. The van der Waals surface area contributed by atoms with Gasteiger partial charge in [0.05, 0.1) is 19.8 Å². The number of carbonyl (C=O) groups excluding carboxylic acids is 1. The van der Waals surface area contributed by atoms with Gasteiger partial charge in [-0.3, -0.25) is 4.79 Å². The largest absolute Gasteiger partial charge is 0.493 e. The predicted molar refractivity (Wildman–Crippen MR) is 132 cm³/mol. The van der Waals surface area contributed by atoms with Gasteiger partial charge in [0.15, 0.2) is 11.3 Å². The number of nitrogens with two attached hydrogens (primary N) is 2. The van der Waals surface area contributed by atoms with Crippen molar-refractivity contribution in [3.05, 3.63) is 64.0 Å². The number of fused-ring (bicyclic) bond motifs is 1. The molecule has 10 nitrogen and oxygen atoms in total. The van der Waals surface area contributed by atoms with Crippen LogP contribution in [0.25, 0.3) is 11.0 Å². The summed E-state index contributed by atoms with van der Waals surface area (Å²) in [4.78, 5) is 20.3. The topological polar surface area (TPSA) is 148 Å². The van der Waals surface area contributed by atoms with Gasteiger partial charge in [0.2, 0.25) is 11.7 Å². The molecule has 0 aliphatic rings. The van der Waals surface area contributed by atoms with Crippen molar-refractivity contribution >= 4 is 40.2 Å². The highest BCUT2D eigenvalue weighted by Gasteiger charge is 2.20. The fourth-order valence-corrected chi connectivity index (χ4v) is 3.85. The SMILES string of the molecule is CNC(=O)c1ccc(Cl)cc1OCc1cc2c(Cc3cnc(N)nc3N)cc(OC)c(OC)c2o1. The van der Waals surface area contributed by atoms with Crippen molar-refractivity contribution in [3.63, 3.8) is 0 Å². The first-order chi connectivity index (χ1) is 16.8. The molecule has 2 heterocycles. The minimum Gasteiger partial charge on any atom is -0.493 e. The van der Waals surface area contributed by atoms with Crippen LogP contribution in [0.2, 0.25) is 5.02 Å². The Morgan fingerprint density at radius 2 is 1.91 bits per heavy atom. The fraction of sp³-hybridized carbons (Fsp3) is 0.208. The van der Waals surface area contributed by atoms with Gasteiger partial charge in [0, 0.05) is 35.6 Å². The maximum absolute atomic E-state index is 12.2. The van der Waals surface area contributed by atoms with Crippen LogP contribution in [0.5, 0.6) is 17.2 Å². The number of amides is 1. The molecule has 4 rings (SSSR count). The van der Waals surface area contributed by atoms with Crippen LogP contribution >= 0.6 is 11.6 Å². The van der Waals surface area contributed by atoms with Gasteiger partial charge in [-0.15, -0.1) is 0 Å². The highest BCUT2D eigenvalue weighted by Crippen LogP contribution is 2.41. The summed E-state index contributed by atoms with van der Waals surface area (Å²) in [6.07, 6.45) is 1.99. The summed E-state index contributed by atoms with van der Waals surface area (Å²) in [5.41, 5.74) is 14.0. The summed E-state index contributed by atoms with van der Waals surface area (Å²) in [5, 5.41) is 3.80. The molecule has 2 aromatic carbocycles. The maximum Gasteiger partial charge on any atom is 0.254 e. The number of rotatable bonds is 8. The molecule has 0 spiro atoms. The Labute approximate surface area is 206 Å². The number of furan rings is 1. The van der Waals surface area contributed by atoms with E-state index in [1.54, 1.807) is 38.6 Å². The first-order valence-corrected chi connectivity index (χ1v) is 10.9. The molecule has 5 N–H and O–H groups in total. The van der Waals surface area contributed by atoms with E-state index >= 15 is 0 Å². The van der Waals surface area contributed by atoms with Gasteiger partial charge in [0.25, 0.3) is 5.91 Å². The Kier molecular flexibility index (Phi) is 6.83. The van der Waals surface area contributed by atoms with Gasteiger partial charge in [-0.05, 0) is 35.9 Å². The minimum atomic E-state index is -0.293.